The van der Waals surface area contributed by atoms with E-state index in [0.717, 1.165) is 19.3 Å². The van der Waals surface area contributed by atoms with Crippen LogP contribution in [0.4, 0.5) is 0 Å². The number of nitriles is 1. The molecule has 0 bridgehead atoms. The van der Waals surface area contributed by atoms with Crippen LogP contribution in [-0.4, -0.2) is 28.4 Å². The minimum Gasteiger partial charge on any atom is -0.323 e. The summed E-state index contributed by atoms with van der Waals surface area (Å²) in [6, 6.07) is 4.74. The van der Waals surface area contributed by atoms with Crippen molar-refractivity contribution in [2.75, 3.05) is 6.54 Å². The number of piperidine rings is 1. The van der Waals surface area contributed by atoms with Gasteiger partial charge in [-0.2, -0.15) is 5.26 Å². The van der Waals surface area contributed by atoms with E-state index in [2.05, 4.69) is 11.1 Å². The summed E-state index contributed by atoms with van der Waals surface area (Å²) >= 11 is 11.5. The van der Waals surface area contributed by atoms with Crippen molar-refractivity contribution in [1.29, 1.82) is 5.26 Å². The highest BCUT2D eigenvalue weighted by atomic mass is 35.5. The molecule has 0 saturated carbocycles. The second-order valence-corrected chi connectivity index (χ2v) is 4.91. The molecule has 18 heavy (non-hydrogen) atoms. The predicted molar refractivity (Wildman–Crippen MR) is 68.5 cm³/mol. The summed E-state index contributed by atoms with van der Waals surface area (Å²) in [6.45, 7) is 0.592. The van der Waals surface area contributed by atoms with Gasteiger partial charge in [0.1, 0.15) is 16.3 Å². The smallest absolute Gasteiger partial charge is 0.255 e. The highest BCUT2D eigenvalue weighted by Crippen LogP contribution is 2.21. The van der Waals surface area contributed by atoms with Crippen molar-refractivity contribution in [2.24, 2.45) is 0 Å². The highest BCUT2D eigenvalue weighted by Gasteiger charge is 2.27. The van der Waals surface area contributed by atoms with Gasteiger partial charge in [0.05, 0.1) is 6.07 Å². The number of hydrogen-bond acceptors (Lipinski definition) is 3. The Morgan fingerprint density at radius 3 is 2.67 bits per heavy atom. The van der Waals surface area contributed by atoms with Crippen LogP contribution in [0.2, 0.25) is 10.3 Å². The maximum Gasteiger partial charge on any atom is 0.255 e. The van der Waals surface area contributed by atoms with Crippen LogP contribution in [0, 0.1) is 11.3 Å². The fourth-order valence-electron chi connectivity index (χ4n) is 2.06. The predicted octanol–water partition coefficient (Wildman–Crippen LogP) is 2.91. The van der Waals surface area contributed by atoms with Gasteiger partial charge in [0.25, 0.3) is 5.91 Å². The van der Waals surface area contributed by atoms with E-state index in [1.807, 2.05) is 0 Å². The molecule has 1 aliphatic heterocycles. The molecule has 1 saturated heterocycles. The summed E-state index contributed by atoms with van der Waals surface area (Å²) in [7, 11) is 0. The minimum absolute atomic E-state index is 0.177. The summed E-state index contributed by atoms with van der Waals surface area (Å²) in [5.41, 5.74) is 0.377. The highest BCUT2D eigenvalue weighted by molar-refractivity contribution is 6.33. The fourth-order valence-corrected chi connectivity index (χ4v) is 2.52. The van der Waals surface area contributed by atoms with E-state index in [4.69, 9.17) is 28.5 Å². The molecule has 94 valence electrons. The van der Waals surface area contributed by atoms with Crippen molar-refractivity contribution in [1.82, 2.24) is 9.88 Å². The normalized spacial score (nSPS) is 19.4. The van der Waals surface area contributed by atoms with Crippen molar-refractivity contribution < 1.29 is 4.79 Å². The Labute approximate surface area is 115 Å². The number of hydrogen-bond donors (Lipinski definition) is 0. The largest absolute Gasteiger partial charge is 0.323 e. The number of pyridine rings is 1. The minimum atomic E-state index is -0.364. The van der Waals surface area contributed by atoms with Crippen molar-refractivity contribution in [2.45, 2.75) is 25.3 Å². The summed E-state index contributed by atoms with van der Waals surface area (Å²) < 4.78 is 0. The zero-order chi connectivity index (χ0) is 13.1. The number of aromatic nitrogens is 1. The molecule has 4 nitrogen and oxygen atoms in total. The topological polar surface area (TPSA) is 57.0 Å². The first-order valence-corrected chi connectivity index (χ1v) is 6.41. The molecule has 2 rings (SSSR count). The average Bonchev–Trinajstić information content (AvgIpc) is 2.36. The number of likely N-dealkylation sites (tertiary alicyclic amines) is 1. The van der Waals surface area contributed by atoms with E-state index in [-0.39, 0.29) is 22.3 Å². The van der Waals surface area contributed by atoms with Gasteiger partial charge in [0.15, 0.2) is 0 Å². The average molecular weight is 284 g/mol. The van der Waals surface area contributed by atoms with E-state index >= 15 is 0 Å². The van der Waals surface area contributed by atoms with Gasteiger partial charge in [0, 0.05) is 12.1 Å². The lowest BCUT2D eigenvalue weighted by Crippen LogP contribution is -2.42. The van der Waals surface area contributed by atoms with Crippen molar-refractivity contribution in [3.63, 3.8) is 0 Å². The number of carbonyl (C=O) groups is 1. The van der Waals surface area contributed by atoms with Gasteiger partial charge in [0.2, 0.25) is 0 Å². The van der Waals surface area contributed by atoms with E-state index in [1.165, 1.54) is 12.1 Å². The molecule has 0 aromatic carbocycles. The summed E-state index contributed by atoms with van der Waals surface area (Å²) in [6.07, 6.45) is 2.60. The third-order valence-corrected chi connectivity index (χ3v) is 3.31. The number of halogens is 2. The molecule has 1 aromatic rings. The molecule has 1 aromatic heterocycles. The second-order valence-electron chi connectivity index (χ2n) is 4.14. The summed E-state index contributed by atoms with van der Waals surface area (Å²) in [5, 5.41) is 9.41. The number of nitrogens with zero attached hydrogens (tertiary/aromatic N) is 3. The van der Waals surface area contributed by atoms with Gasteiger partial charge in [-0.15, -0.1) is 0 Å². The van der Waals surface area contributed by atoms with Crippen LogP contribution in [0.5, 0.6) is 0 Å². The first-order chi connectivity index (χ1) is 8.61. The molecule has 1 atom stereocenters. The van der Waals surface area contributed by atoms with E-state index in [1.54, 1.807) is 4.90 Å². The first kappa shape index (κ1) is 13.1. The Bertz CT molecular complexity index is 492. The van der Waals surface area contributed by atoms with Gasteiger partial charge >= 0.3 is 0 Å². The van der Waals surface area contributed by atoms with Gasteiger partial charge < -0.3 is 4.90 Å². The van der Waals surface area contributed by atoms with Crippen molar-refractivity contribution in [3.05, 3.63) is 28.0 Å². The quantitative estimate of drug-likeness (QED) is 0.745. The molecule has 2 heterocycles. The molecule has 1 amide bonds. The molecule has 0 spiro atoms. The van der Waals surface area contributed by atoms with Crippen molar-refractivity contribution in [3.8, 4) is 6.07 Å². The molecule has 0 radical (unpaired) electrons. The van der Waals surface area contributed by atoms with E-state index < -0.39 is 0 Å². The molecule has 0 aliphatic carbocycles. The fraction of sp³-hybridized carbons (Fsp3) is 0.417. The van der Waals surface area contributed by atoms with Gasteiger partial charge in [-0.3, -0.25) is 4.79 Å². The molecule has 1 aliphatic rings. The maximum absolute atomic E-state index is 12.3. The zero-order valence-corrected chi connectivity index (χ0v) is 11.1. The maximum atomic E-state index is 12.3. The van der Waals surface area contributed by atoms with E-state index in [9.17, 15) is 4.79 Å². The zero-order valence-electron chi connectivity index (χ0n) is 9.57. The number of amides is 1. The number of rotatable bonds is 1. The molecule has 0 N–H and O–H groups in total. The van der Waals surface area contributed by atoms with Crippen molar-refractivity contribution >= 4 is 29.1 Å². The first-order valence-electron chi connectivity index (χ1n) is 5.65. The number of carbonyl (C=O) groups excluding carboxylic acids is 1. The summed E-state index contributed by atoms with van der Waals surface area (Å²) in [5.74, 6) is -0.215. The molecular formula is C12H11Cl2N3O. The van der Waals surface area contributed by atoms with Gasteiger partial charge in [-0.25, -0.2) is 4.98 Å². The molecule has 6 heteroatoms. The van der Waals surface area contributed by atoms with Gasteiger partial charge in [-0.05, 0) is 31.4 Å². The monoisotopic (exact) mass is 283 g/mol. The lowest BCUT2D eigenvalue weighted by molar-refractivity contribution is 0.0670. The molecule has 1 fully saturated rings. The van der Waals surface area contributed by atoms with Crippen LogP contribution in [0.15, 0.2) is 12.1 Å². The van der Waals surface area contributed by atoms with E-state index in [0.29, 0.717) is 12.1 Å². The summed E-state index contributed by atoms with van der Waals surface area (Å²) in [4.78, 5) is 17.7. The molecule has 1 unspecified atom stereocenters. The SMILES string of the molecule is N#CC1CCCCN1C(=O)c1cc(Cl)nc(Cl)c1. The third-order valence-electron chi connectivity index (χ3n) is 2.92. The Kier molecular flexibility index (Phi) is 4.05. The Hall–Kier alpha value is -1.31. The second kappa shape index (κ2) is 5.55. The van der Waals surface area contributed by atoms with Crippen LogP contribution >= 0.6 is 23.2 Å². The van der Waals surface area contributed by atoms with Crippen LogP contribution in [-0.2, 0) is 0 Å². The van der Waals surface area contributed by atoms with Crippen LogP contribution in [0.1, 0.15) is 29.6 Å². The third kappa shape index (κ3) is 2.74. The lowest BCUT2D eigenvalue weighted by Gasteiger charge is -2.31. The van der Waals surface area contributed by atoms with Crippen LogP contribution < -0.4 is 0 Å². The standard InChI is InChI=1S/C12H11Cl2N3O/c13-10-5-8(6-11(14)16-10)12(18)17-4-2-1-3-9(17)7-15/h5-6,9H,1-4H2. The molecular weight excluding hydrogens is 273 g/mol. The van der Waals surface area contributed by atoms with Crippen LogP contribution in [0.25, 0.3) is 0 Å². The van der Waals surface area contributed by atoms with Gasteiger partial charge in [-0.1, -0.05) is 23.2 Å². The Balaban J connectivity index is 2.27. The Morgan fingerprint density at radius 2 is 2.06 bits per heavy atom. The lowest BCUT2D eigenvalue weighted by atomic mass is 10.0. The Morgan fingerprint density at radius 1 is 1.39 bits per heavy atom. The van der Waals surface area contributed by atoms with Crippen LogP contribution in [0.3, 0.4) is 0 Å².